The molecule has 2 rings (SSSR count). The zero-order chi connectivity index (χ0) is 19.6. The first-order valence-corrected chi connectivity index (χ1v) is 9.76. The second-order valence-corrected chi connectivity index (χ2v) is 8.04. The predicted molar refractivity (Wildman–Crippen MR) is 97.8 cm³/mol. The van der Waals surface area contributed by atoms with Crippen molar-refractivity contribution in [2.45, 2.75) is 45.6 Å². The van der Waals surface area contributed by atoms with Gasteiger partial charge in [-0.25, -0.2) is 17.5 Å². The number of sulfonamides is 1. The average Bonchev–Trinajstić information content (AvgIpc) is 2.58. The summed E-state index contributed by atoms with van der Waals surface area (Å²) in [5.74, 6) is -1.13. The highest BCUT2D eigenvalue weighted by molar-refractivity contribution is 7.89. The second kappa shape index (κ2) is 7.45. The van der Waals surface area contributed by atoms with Crippen LogP contribution in [-0.4, -0.2) is 37.2 Å². The Morgan fingerprint density at radius 1 is 1.19 bits per heavy atom. The summed E-state index contributed by atoms with van der Waals surface area (Å²) < 4.78 is 32.0. The Hall–Kier alpha value is -2.41. The third kappa shape index (κ3) is 3.58. The minimum Gasteiger partial charge on any atom is -0.463 e. The standard InChI is InChI=1S/C19H23NO5S/c1-6-25-19(22)14(4)17-11-13(3)18(21)20(15(17)5)26(23,24)16-9-7-12(2)8-10-16/h7-11,15H,6H2,1-5H3/b17-14-. The van der Waals surface area contributed by atoms with E-state index in [2.05, 4.69) is 0 Å². The van der Waals surface area contributed by atoms with E-state index in [1.807, 2.05) is 6.92 Å². The fourth-order valence-electron chi connectivity index (χ4n) is 2.81. The van der Waals surface area contributed by atoms with Gasteiger partial charge in [-0.2, -0.15) is 0 Å². The van der Waals surface area contributed by atoms with E-state index in [1.165, 1.54) is 19.1 Å². The van der Waals surface area contributed by atoms with Gasteiger partial charge in [0.05, 0.1) is 17.5 Å². The van der Waals surface area contributed by atoms with Gasteiger partial charge in [0.1, 0.15) is 0 Å². The van der Waals surface area contributed by atoms with Crippen LogP contribution in [0.2, 0.25) is 0 Å². The lowest BCUT2D eigenvalue weighted by molar-refractivity contribution is -0.138. The molecule has 0 bridgehead atoms. The quantitative estimate of drug-likeness (QED) is 0.595. The highest BCUT2D eigenvalue weighted by Gasteiger charge is 2.39. The van der Waals surface area contributed by atoms with Crippen LogP contribution in [0.15, 0.2) is 52.0 Å². The van der Waals surface area contributed by atoms with E-state index >= 15 is 0 Å². The number of benzene rings is 1. The summed E-state index contributed by atoms with van der Waals surface area (Å²) in [6.07, 6.45) is 1.56. The van der Waals surface area contributed by atoms with E-state index in [1.54, 1.807) is 39.0 Å². The summed E-state index contributed by atoms with van der Waals surface area (Å²) in [4.78, 5) is 24.7. The smallest absolute Gasteiger partial charge is 0.334 e. The fourth-order valence-corrected chi connectivity index (χ4v) is 4.41. The lowest BCUT2D eigenvalue weighted by Gasteiger charge is -2.34. The summed E-state index contributed by atoms with van der Waals surface area (Å²) in [6.45, 7) is 8.44. The van der Waals surface area contributed by atoms with E-state index in [9.17, 15) is 18.0 Å². The molecule has 26 heavy (non-hydrogen) atoms. The Labute approximate surface area is 154 Å². The molecule has 1 atom stereocenters. The summed E-state index contributed by atoms with van der Waals surface area (Å²) in [6, 6.07) is 5.48. The van der Waals surface area contributed by atoms with Crippen molar-refractivity contribution in [2.75, 3.05) is 6.61 Å². The molecule has 1 unspecified atom stereocenters. The monoisotopic (exact) mass is 377 g/mol. The van der Waals surface area contributed by atoms with Gasteiger partial charge >= 0.3 is 5.97 Å². The van der Waals surface area contributed by atoms with Crippen molar-refractivity contribution in [3.8, 4) is 0 Å². The molecule has 1 heterocycles. The maximum absolute atomic E-state index is 13.1. The zero-order valence-electron chi connectivity index (χ0n) is 15.6. The van der Waals surface area contributed by atoms with E-state index in [-0.39, 0.29) is 22.6 Å². The number of nitrogens with zero attached hydrogens (tertiary/aromatic N) is 1. The first-order chi connectivity index (χ1) is 12.1. The number of ether oxygens (including phenoxy) is 1. The Morgan fingerprint density at radius 2 is 1.77 bits per heavy atom. The van der Waals surface area contributed by atoms with Crippen LogP contribution >= 0.6 is 0 Å². The van der Waals surface area contributed by atoms with E-state index in [0.717, 1.165) is 9.87 Å². The maximum atomic E-state index is 13.1. The van der Waals surface area contributed by atoms with Crippen molar-refractivity contribution in [3.63, 3.8) is 0 Å². The van der Waals surface area contributed by atoms with E-state index < -0.39 is 27.9 Å². The first-order valence-electron chi connectivity index (χ1n) is 8.32. The number of esters is 1. The number of hydrogen-bond acceptors (Lipinski definition) is 5. The lowest BCUT2D eigenvalue weighted by atomic mass is 9.96. The topological polar surface area (TPSA) is 80.8 Å². The van der Waals surface area contributed by atoms with Crippen molar-refractivity contribution in [1.82, 2.24) is 4.31 Å². The van der Waals surface area contributed by atoms with E-state index in [4.69, 9.17) is 4.74 Å². The number of hydrogen-bond donors (Lipinski definition) is 0. The SMILES string of the molecule is CCOC(=O)/C(C)=C1/C=C(C)C(=O)N(S(=O)(=O)c2ccc(C)cc2)C1C. The largest absolute Gasteiger partial charge is 0.463 e. The highest BCUT2D eigenvalue weighted by Crippen LogP contribution is 2.31. The molecule has 0 aromatic heterocycles. The molecule has 0 saturated carbocycles. The van der Waals surface area contributed by atoms with Crippen LogP contribution in [0.3, 0.4) is 0 Å². The normalized spacial score (nSPS) is 19.9. The van der Waals surface area contributed by atoms with Crippen molar-refractivity contribution < 1.29 is 22.7 Å². The van der Waals surface area contributed by atoms with Crippen molar-refractivity contribution in [1.29, 1.82) is 0 Å². The van der Waals surface area contributed by atoms with Crippen molar-refractivity contribution in [2.24, 2.45) is 0 Å². The average molecular weight is 377 g/mol. The summed E-state index contributed by atoms with van der Waals surface area (Å²) in [7, 11) is -4.06. The van der Waals surface area contributed by atoms with Gasteiger partial charge in [0.2, 0.25) is 0 Å². The van der Waals surface area contributed by atoms with Crippen LogP contribution < -0.4 is 0 Å². The third-order valence-corrected chi connectivity index (χ3v) is 6.17. The molecule has 0 aliphatic carbocycles. The van der Waals surface area contributed by atoms with Crippen LogP contribution in [0.5, 0.6) is 0 Å². The fraction of sp³-hybridized carbons (Fsp3) is 0.368. The van der Waals surface area contributed by atoms with Gasteiger partial charge in [0.25, 0.3) is 15.9 Å². The number of carbonyl (C=O) groups excluding carboxylic acids is 2. The molecular weight excluding hydrogens is 354 g/mol. The Balaban J connectivity index is 2.57. The summed E-state index contributed by atoms with van der Waals surface area (Å²) in [5.41, 5.74) is 1.90. The molecular formula is C19H23NO5S. The molecule has 6 nitrogen and oxygen atoms in total. The molecule has 0 N–H and O–H groups in total. The Kier molecular flexibility index (Phi) is 5.71. The predicted octanol–water partition coefficient (Wildman–Crippen LogP) is 2.74. The zero-order valence-corrected chi connectivity index (χ0v) is 16.4. The van der Waals surface area contributed by atoms with Crippen LogP contribution in [-0.2, 0) is 24.3 Å². The molecule has 1 aromatic rings. The Bertz CT molecular complexity index is 894. The molecule has 1 amide bonds. The van der Waals surface area contributed by atoms with Gasteiger partial charge in [0, 0.05) is 11.1 Å². The first kappa shape index (κ1) is 19.9. The molecule has 1 aromatic carbocycles. The lowest BCUT2D eigenvalue weighted by Crippen LogP contribution is -2.47. The van der Waals surface area contributed by atoms with Crippen molar-refractivity contribution >= 4 is 21.9 Å². The summed E-state index contributed by atoms with van der Waals surface area (Å²) in [5, 5.41) is 0. The van der Waals surface area contributed by atoms with Gasteiger partial charge < -0.3 is 4.74 Å². The second-order valence-electron chi connectivity index (χ2n) is 6.22. The molecule has 1 aliphatic rings. The minimum absolute atomic E-state index is 0.0335. The summed E-state index contributed by atoms with van der Waals surface area (Å²) >= 11 is 0. The van der Waals surface area contributed by atoms with E-state index in [0.29, 0.717) is 5.57 Å². The molecule has 7 heteroatoms. The van der Waals surface area contributed by atoms with Crippen LogP contribution in [0, 0.1) is 6.92 Å². The van der Waals surface area contributed by atoms with Crippen LogP contribution in [0.25, 0.3) is 0 Å². The highest BCUT2D eigenvalue weighted by atomic mass is 32.2. The maximum Gasteiger partial charge on any atom is 0.334 e. The van der Waals surface area contributed by atoms with Gasteiger partial charge in [-0.3, -0.25) is 4.79 Å². The number of aryl methyl sites for hydroxylation is 1. The van der Waals surface area contributed by atoms with Crippen molar-refractivity contribution in [3.05, 3.63) is 52.6 Å². The van der Waals surface area contributed by atoms with Gasteiger partial charge in [-0.15, -0.1) is 0 Å². The minimum atomic E-state index is -4.06. The molecule has 0 saturated heterocycles. The molecule has 1 aliphatic heterocycles. The number of amides is 1. The molecule has 0 radical (unpaired) electrons. The molecule has 0 spiro atoms. The molecule has 140 valence electrons. The Morgan fingerprint density at radius 3 is 2.31 bits per heavy atom. The number of carbonyl (C=O) groups is 2. The third-order valence-electron chi connectivity index (χ3n) is 4.30. The van der Waals surface area contributed by atoms with Crippen LogP contribution in [0.1, 0.15) is 33.3 Å². The number of rotatable bonds is 4. The van der Waals surface area contributed by atoms with Gasteiger partial charge in [-0.1, -0.05) is 17.7 Å². The van der Waals surface area contributed by atoms with Gasteiger partial charge in [0.15, 0.2) is 0 Å². The van der Waals surface area contributed by atoms with Crippen LogP contribution in [0.4, 0.5) is 0 Å². The molecule has 0 fully saturated rings. The van der Waals surface area contributed by atoms with Gasteiger partial charge in [-0.05, 0) is 58.4 Å².